The molecule has 3 atom stereocenters. The summed E-state index contributed by atoms with van der Waals surface area (Å²) in [7, 11) is 0. The number of aliphatic imine (C=N–C) groups is 1. The summed E-state index contributed by atoms with van der Waals surface area (Å²) < 4.78 is 5.74. The lowest BCUT2D eigenvalue weighted by atomic mass is 9.94. The minimum absolute atomic E-state index is 0.232. The van der Waals surface area contributed by atoms with Crippen molar-refractivity contribution in [3.8, 4) is 0 Å². The number of hydrogen-bond donors (Lipinski definition) is 1. The van der Waals surface area contributed by atoms with Crippen LogP contribution in [0.4, 0.5) is 0 Å². The summed E-state index contributed by atoms with van der Waals surface area (Å²) in [5.41, 5.74) is 6.31. The largest absolute Gasteiger partial charge is 0.376 e. The minimum atomic E-state index is 0.232. The molecule has 0 aromatic heterocycles. The molecule has 3 rings (SSSR count). The van der Waals surface area contributed by atoms with Gasteiger partial charge in [-0.25, -0.2) is 0 Å². The van der Waals surface area contributed by atoms with E-state index in [9.17, 15) is 0 Å². The summed E-state index contributed by atoms with van der Waals surface area (Å²) in [6, 6.07) is 0. The summed E-state index contributed by atoms with van der Waals surface area (Å²) in [4.78, 5) is 6.85. The van der Waals surface area contributed by atoms with Crippen molar-refractivity contribution in [2.24, 2.45) is 16.6 Å². The fourth-order valence-electron chi connectivity index (χ4n) is 3.68. The number of nitrogens with two attached hydrogens (primary N) is 1. The maximum Gasteiger partial charge on any atom is 0.191 e. The molecule has 2 heterocycles. The lowest BCUT2D eigenvalue weighted by Gasteiger charge is -2.37. The molecule has 0 aromatic carbocycles. The Balaban J connectivity index is 1.72. The first-order chi connectivity index (χ1) is 8.20. The SMILES string of the molecule is CC1CCC2(CN=C(N)N2CC2CCCO2)C1. The molecule has 2 fully saturated rings. The summed E-state index contributed by atoms with van der Waals surface area (Å²) in [6.45, 7) is 5.10. The molecule has 0 aromatic rings. The molecule has 96 valence electrons. The van der Waals surface area contributed by atoms with Crippen molar-refractivity contribution in [1.29, 1.82) is 0 Å². The number of nitrogens with zero attached hydrogens (tertiary/aromatic N) is 2. The second-order valence-electron chi connectivity index (χ2n) is 5.99. The van der Waals surface area contributed by atoms with E-state index in [1.807, 2.05) is 0 Å². The first-order valence-electron chi connectivity index (χ1n) is 6.89. The van der Waals surface area contributed by atoms with Gasteiger partial charge < -0.3 is 15.4 Å². The first-order valence-corrected chi connectivity index (χ1v) is 6.89. The van der Waals surface area contributed by atoms with Crippen LogP contribution < -0.4 is 5.73 Å². The molecule has 3 unspecified atom stereocenters. The highest BCUT2D eigenvalue weighted by molar-refractivity contribution is 5.81. The molecule has 3 aliphatic rings. The van der Waals surface area contributed by atoms with Gasteiger partial charge in [0, 0.05) is 13.2 Å². The molecule has 4 heteroatoms. The van der Waals surface area contributed by atoms with Gasteiger partial charge in [-0.2, -0.15) is 0 Å². The third-order valence-corrected chi connectivity index (χ3v) is 4.63. The van der Waals surface area contributed by atoms with E-state index in [0.717, 1.165) is 31.6 Å². The van der Waals surface area contributed by atoms with Gasteiger partial charge >= 0.3 is 0 Å². The van der Waals surface area contributed by atoms with Crippen LogP contribution in [0.2, 0.25) is 0 Å². The van der Waals surface area contributed by atoms with Gasteiger partial charge in [0.25, 0.3) is 0 Å². The molecular formula is C13H23N3O. The van der Waals surface area contributed by atoms with E-state index in [1.54, 1.807) is 0 Å². The van der Waals surface area contributed by atoms with Crippen molar-refractivity contribution in [3.63, 3.8) is 0 Å². The van der Waals surface area contributed by atoms with Crippen molar-refractivity contribution in [3.05, 3.63) is 0 Å². The van der Waals surface area contributed by atoms with Crippen LogP contribution in [0.5, 0.6) is 0 Å². The zero-order chi connectivity index (χ0) is 11.9. The third-order valence-electron chi connectivity index (χ3n) is 4.63. The van der Waals surface area contributed by atoms with E-state index in [1.165, 1.54) is 32.1 Å². The van der Waals surface area contributed by atoms with Gasteiger partial charge in [-0.3, -0.25) is 4.99 Å². The zero-order valence-corrected chi connectivity index (χ0v) is 10.7. The van der Waals surface area contributed by atoms with Crippen molar-refractivity contribution < 1.29 is 4.74 Å². The molecule has 1 saturated heterocycles. The van der Waals surface area contributed by atoms with Gasteiger partial charge in [0.2, 0.25) is 0 Å². The van der Waals surface area contributed by atoms with Gasteiger partial charge in [-0.05, 0) is 38.0 Å². The van der Waals surface area contributed by atoms with Crippen LogP contribution in [0.15, 0.2) is 4.99 Å². The second kappa shape index (κ2) is 4.16. The van der Waals surface area contributed by atoms with Crippen LogP contribution in [0, 0.1) is 5.92 Å². The van der Waals surface area contributed by atoms with Crippen LogP contribution in [-0.2, 0) is 4.74 Å². The second-order valence-corrected chi connectivity index (χ2v) is 5.99. The molecule has 2 aliphatic heterocycles. The van der Waals surface area contributed by atoms with E-state index < -0.39 is 0 Å². The minimum Gasteiger partial charge on any atom is -0.376 e. The summed E-state index contributed by atoms with van der Waals surface area (Å²) >= 11 is 0. The van der Waals surface area contributed by atoms with Crippen molar-refractivity contribution in [2.45, 2.75) is 50.7 Å². The average molecular weight is 237 g/mol. The predicted octanol–water partition coefficient (Wildman–Crippen LogP) is 1.35. The Bertz CT molecular complexity index is 325. The Hall–Kier alpha value is -0.770. The van der Waals surface area contributed by atoms with Gasteiger partial charge in [-0.1, -0.05) is 6.92 Å². The van der Waals surface area contributed by atoms with Gasteiger partial charge in [-0.15, -0.1) is 0 Å². The molecule has 0 bridgehead atoms. The average Bonchev–Trinajstić information content (AvgIpc) is 2.98. The fraction of sp³-hybridized carbons (Fsp3) is 0.923. The maximum absolute atomic E-state index is 6.08. The highest BCUT2D eigenvalue weighted by Crippen LogP contribution is 2.41. The van der Waals surface area contributed by atoms with Gasteiger partial charge in [0.15, 0.2) is 5.96 Å². The summed E-state index contributed by atoms with van der Waals surface area (Å²) in [6.07, 6.45) is 6.53. The lowest BCUT2D eigenvalue weighted by molar-refractivity contribution is 0.0659. The maximum atomic E-state index is 6.08. The Morgan fingerprint density at radius 3 is 3.06 bits per heavy atom. The number of hydrogen-bond acceptors (Lipinski definition) is 4. The van der Waals surface area contributed by atoms with Crippen LogP contribution in [-0.4, -0.2) is 42.2 Å². The van der Waals surface area contributed by atoms with Crippen LogP contribution in [0.25, 0.3) is 0 Å². The molecule has 4 nitrogen and oxygen atoms in total. The quantitative estimate of drug-likeness (QED) is 0.789. The molecular weight excluding hydrogens is 214 g/mol. The summed E-state index contributed by atoms with van der Waals surface area (Å²) in [5.74, 6) is 1.55. The smallest absolute Gasteiger partial charge is 0.191 e. The molecule has 17 heavy (non-hydrogen) atoms. The molecule has 2 N–H and O–H groups in total. The van der Waals surface area contributed by atoms with Crippen LogP contribution >= 0.6 is 0 Å². The standard InChI is InChI=1S/C13H23N3O/c1-10-4-5-13(7-10)9-15-12(14)16(13)8-11-3-2-6-17-11/h10-11H,2-9H2,1H3,(H2,14,15). The van der Waals surface area contributed by atoms with E-state index in [2.05, 4.69) is 16.8 Å². The third kappa shape index (κ3) is 1.92. The van der Waals surface area contributed by atoms with Crippen molar-refractivity contribution in [2.75, 3.05) is 19.7 Å². The van der Waals surface area contributed by atoms with E-state index >= 15 is 0 Å². The molecule has 1 aliphatic carbocycles. The first kappa shape index (κ1) is 11.3. The van der Waals surface area contributed by atoms with Crippen LogP contribution in [0.3, 0.4) is 0 Å². The Morgan fingerprint density at radius 1 is 1.53 bits per heavy atom. The monoisotopic (exact) mass is 237 g/mol. The summed E-state index contributed by atoms with van der Waals surface area (Å²) in [5, 5.41) is 0. The van der Waals surface area contributed by atoms with E-state index in [-0.39, 0.29) is 5.54 Å². The zero-order valence-electron chi connectivity index (χ0n) is 10.7. The Labute approximate surface area is 103 Å². The van der Waals surface area contributed by atoms with Crippen molar-refractivity contribution >= 4 is 5.96 Å². The Morgan fingerprint density at radius 2 is 2.41 bits per heavy atom. The predicted molar refractivity (Wildman–Crippen MR) is 67.9 cm³/mol. The molecule has 1 saturated carbocycles. The van der Waals surface area contributed by atoms with Gasteiger partial charge in [0.05, 0.1) is 18.2 Å². The number of rotatable bonds is 2. The lowest BCUT2D eigenvalue weighted by Crippen LogP contribution is -2.52. The Kier molecular flexibility index (Phi) is 2.77. The normalized spacial score (nSPS) is 41.5. The molecule has 1 spiro atoms. The van der Waals surface area contributed by atoms with Crippen molar-refractivity contribution in [1.82, 2.24) is 4.90 Å². The molecule has 0 amide bonds. The fourth-order valence-corrected chi connectivity index (χ4v) is 3.68. The highest BCUT2D eigenvalue weighted by atomic mass is 16.5. The molecule has 0 radical (unpaired) electrons. The van der Waals surface area contributed by atoms with Gasteiger partial charge in [0.1, 0.15) is 0 Å². The number of ether oxygens (including phenoxy) is 1. The number of guanidine groups is 1. The van der Waals surface area contributed by atoms with Crippen LogP contribution in [0.1, 0.15) is 39.0 Å². The van der Waals surface area contributed by atoms with E-state index in [0.29, 0.717) is 6.10 Å². The topological polar surface area (TPSA) is 50.8 Å². The highest BCUT2D eigenvalue weighted by Gasteiger charge is 2.47. The van der Waals surface area contributed by atoms with E-state index in [4.69, 9.17) is 10.5 Å².